The average molecular weight is 348 g/mol. The van der Waals surface area contributed by atoms with E-state index < -0.39 is 17.9 Å². The number of carboxylic acid groups (broad SMARTS) is 1. The van der Waals surface area contributed by atoms with E-state index in [0.29, 0.717) is 25.9 Å². The zero-order valence-electron chi connectivity index (χ0n) is 15.2. The highest BCUT2D eigenvalue weighted by Crippen LogP contribution is 2.22. The molecule has 2 atom stereocenters. The number of amides is 2. The minimum absolute atomic E-state index is 0.0383. The van der Waals surface area contributed by atoms with Gasteiger partial charge in [0.25, 0.3) is 0 Å². The number of carboxylic acids is 1. The zero-order valence-corrected chi connectivity index (χ0v) is 15.2. The Labute approximate surface area is 149 Å². The summed E-state index contributed by atoms with van der Waals surface area (Å²) >= 11 is 0. The van der Waals surface area contributed by atoms with Gasteiger partial charge in [0.15, 0.2) is 0 Å². The highest BCUT2D eigenvalue weighted by atomic mass is 16.4. The fraction of sp³-hybridized carbons (Fsp3) is 0.526. The van der Waals surface area contributed by atoms with Gasteiger partial charge in [0, 0.05) is 25.9 Å². The van der Waals surface area contributed by atoms with Crippen LogP contribution in [0.3, 0.4) is 0 Å². The maximum atomic E-state index is 12.2. The number of aliphatic carboxylic acids is 1. The Morgan fingerprint density at radius 2 is 1.68 bits per heavy atom. The van der Waals surface area contributed by atoms with Crippen molar-refractivity contribution in [2.45, 2.75) is 46.1 Å². The van der Waals surface area contributed by atoms with Crippen molar-refractivity contribution in [2.24, 2.45) is 5.92 Å². The van der Waals surface area contributed by atoms with Crippen LogP contribution in [0.25, 0.3) is 0 Å². The molecule has 0 aromatic heterocycles. The molecule has 0 radical (unpaired) electrons. The number of carbonyl (C=O) groups excluding carboxylic acids is 2. The number of hydrogen-bond donors (Lipinski definition) is 2. The Kier molecular flexibility index (Phi) is 8.67. The lowest BCUT2D eigenvalue weighted by Crippen LogP contribution is -2.35. The van der Waals surface area contributed by atoms with E-state index in [1.807, 2.05) is 32.0 Å². The molecule has 6 heteroatoms. The molecule has 0 saturated carbocycles. The van der Waals surface area contributed by atoms with E-state index in [4.69, 9.17) is 0 Å². The van der Waals surface area contributed by atoms with Gasteiger partial charge in [-0.3, -0.25) is 14.4 Å². The molecule has 0 heterocycles. The second-order valence-corrected chi connectivity index (χ2v) is 6.00. The summed E-state index contributed by atoms with van der Waals surface area (Å²) in [4.78, 5) is 37.2. The predicted octanol–water partition coefficient (Wildman–Crippen LogP) is 2.60. The second-order valence-electron chi connectivity index (χ2n) is 6.00. The van der Waals surface area contributed by atoms with Gasteiger partial charge in [-0.25, -0.2) is 0 Å². The zero-order chi connectivity index (χ0) is 18.8. The molecule has 1 aromatic carbocycles. The monoisotopic (exact) mass is 348 g/mol. The predicted molar refractivity (Wildman–Crippen MR) is 95.9 cm³/mol. The molecule has 2 N–H and O–H groups in total. The SMILES string of the molecule is CCN(CC)C(=O)CCCC(=O)NC(c1ccccc1)C(C)C(=O)O. The Balaban J connectivity index is 2.61. The van der Waals surface area contributed by atoms with Crippen molar-refractivity contribution in [3.8, 4) is 0 Å². The lowest BCUT2D eigenvalue weighted by Gasteiger charge is -2.23. The van der Waals surface area contributed by atoms with Crippen LogP contribution in [-0.4, -0.2) is 40.9 Å². The summed E-state index contributed by atoms with van der Waals surface area (Å²) in [6.07, 6.45) is 0.965. The quantitative estimate of drug-likeness (QED) is 0.680. The summed E-state index contributed by atoms with van der Waals surface area (Å²) in [7, 11) is 0. The van der Waals surface area contributed by atoms with E-state index in [-0.39, 0.29) is 18.2 Å². The third-order valence-electron chi connectivity index (χ3n) is 4.28. The minimum Gasteiger partial charge on any atom is -0.481 e. The maximum absolute atomic E-state index is 12.2. The van der Waals surface area contributed by atoms with Gasteiger partial charge in [0.2, 0.25) is 11.8 Å². The van der Waals surface area contributed by atoms with Gasteiger partial charge in [-0.05, 0) is 32.8 Å². The number of rotatable bonds is 10. The number of benzene rings is 1. The van der Waals surface area contributed by atoms with Crippen LogP contribution in [0, 0.1) is 5.92 Å². The number of carbonyl (C=O) groups is 3. The summed E-state index contributed by atoms with van der Waals surface area (Å²) < 4.78 is 0. The maximum Gasteiger partial charge on any atom is 0.308 e. The van der Waals surface area contributed by atoms with E-state index in [1.54, 1.807) is 24.0 Å². The van der Waals surface area contributed by atoms with Gasteiger partial charge in [0.05, 0.1) is 12.0 Å². The fourth-order valence-electron chi connectivity index (χ4n) is 2.68. The summed E-state index contributed by atoms with van der Waals surface area (Å²) in [5.41, 5.74) is 0.755. The third-order valence-corrected chi connectivity index (χ3v) is 4.28. The fourth-order valence-corrected chi connectivity index (χ4v) is 2.68. The largest absolute Gasteiger partial charge is 0.481 e. The second kappa shape index (κ2) is 10.5. The third kappa shape index (κ3) is 6.57. The Bertz CT molecular complexity index is 570. The van der Waals surface area contributed by atoms with Gasteiger partial charge in [-0.2, -0.15) is 0 Å². The van der Waals surface area contributed by atoms with Gasteiger partial charge in [-0.15, -0.1) is 0 Å². The van der Waals surface area contributed by atoms with E-state index >= 15 is 0 Å². The molecule has 0 saturated heterocycles. The average Bonchev–Trinajstić information content (AvgIpc) is 2.60. The smallest absolute Gasteiger partial charge is 0.308 e. The van der Waals surface area contributed by atoms with Gasteiger partial charge in [-0.1, -0.05) is 30.3 Å². The van der Waals surface area contributed by atoms with E-state index in [9.17, 15) is 19.5 Å². The highest BCUT2D eigenvalue weighted by molar-refractivity contribution is 5.80. The summed E-state index contributed by atoms with van der Waals surface area (Å²) in [5, 5.41) is 12.1. The van der Waals surface area contributed by atoms with Crippen LogP contribution in [0.15, 0.2) is 30.3 Å². The molecule has 0 aliphatic carbocycles. The molecule has 0 bridgehead atoms. The molecule has 0 aliphatic rings. The molecule has 1 aromatic rings. The van der Waals surface area contributed by atoms with Crippen molar-refractivity contribution in [1.29, 1.82) is 0 Å². The topological polar surface area (TPSA) is 86.7 Å². The first-order valence-electron chi connectivity index (χ1n) is 8.75. The normalized spacial score (nSPS) is 12.9. The molecule has 138 valence electrons. The number of nitrogens with one attached hydrogen (secondary N) is 1. The van der Waals surface area contributed by atoms with E-state index in [2.05, 4.69) is 5.32 Å². The first-order chi connectivity index (χ1) is 11.9. The molecule has 2 unspecified atom stereocenters. The summed E-state index contributed by atoms with van der Waals surface area (Å²) in [6, 6.07) is 8.47. The van der Waals surface area contributed by atoms with Crippen LogP contribution in [0.1, 0.15) is 51.6 Å². The molecule has 0 fully saturated rings. The van der Waals surface area contributed by atoms with Crippen LogP contribution in [0.2, 0.25) is 0 Å². The Morgan fingerprint density at radius 1 is 1.08 bits per heavy atom. The van der Waals surface area contributed by atoms with Crippen molar-refractivity contribution >= 4 is 17.8 Å². The molecule has 1 rings (SSSR count). The minimum atomic E-state index is -0.967. The van der Waals surface area contributed by atoms with E-state index in [0.717, 1.165) is 5.56 Å². The van der Waals surface area contributed by atoms with Gasteiger partial charge < -0.3 is 15.3 Å². The Hall–Kier alpha value is -2.37. The van der Waals surface area contributed by atoms with Crippen molar-refractivity contribution in [3.05, 3.63) is 35.9 Å². The highest BCUT2D eigenvalue weighted by Gasteiger charge is 2.26. The van der Waals surface area contributed by atoms with Crippen LogP contribution in [-0.2, 0) is 14.4 Å². The van der Waals surface area contributed by atoms with Gasteiger partial charge in [0.1, 0.15) is 0 Å². The van der Waals surface area contributed by atoms with Crippen LogP contribution in [0.4, 0.5) is 0 Å². The molecule has 0 aliphatic heterocycles. The van der Waals surface area contributed by atoms with Crippen molar-refractivity contribution in [2.75, 3.05) is 13.1 Å². The summed E-state index contributed by atoms with van der Waals surface area (Å²) in [6.45, 7) is 6.74. The molecule has 0 spiro atoms. The van der Waals surface area contributed by atoms with E-state index in [1.165, 1.54) is 0 Å². The Morgan fingerprint density at radius 3 is 2.20 bits per heavy atom. The number of hydrogen-bond acceptors (Lipinski definition) is 3. The number of nitrogens with zero attached hydrogens (tertiary/aromatic N) is 1. The van der Waals surface area contributed by atoms with Crippen LogP contribution in [0.5, 0.6) is 0 Å². The lowest BCUT2D eigenvalue weighted by molar-refractivity contribution is -0.142. The molecular weight excluding hydrogens is 320 g/mol. The first-order valence-corrected chi connectivity index (χ1v) is 8.75. The molecule has 2 amide bonds. The summed E-state index contributed by atoms with van der Waals surface area (Å²) in [5.74, 6) is -1.92. The van der Waals surface area contributed by atoms with Crippen LogP contribution >= 0.6 is 0 Å². The van der Waals surface area contributed by atoms with Gasteiger partial charge >= 0.3 is 5.97 Å². The van der Waals surface area contributed by atoms with Crippen molar-refractivity contribution in [3.63, 3.8) is 0 Å². The van der Waals surface area contributed by atoms with Crippen molar-refractivity contribution < 1.29 is 19.5 Å². The van der Waals surface area contributed by atoms with Crippen molar-refractivity contribution in [1.82, 2.24) is 10.2 Å². The molecule has 25 heavy (non-hydrogen) atoms. The standard InChI is InChI=1S/C19H28N2O4/c1-4-21(5-2)17(23)13-9-12-16(22)20-18(14(3)19(24)25)15-10-7-6-8-11-15/h6-8,10-11,14,18H,4-5,9,12-13H2,1-3H3,(H,20,22)(H,24,25). The molecular formula is C19H28N2O4. The first kappa shape index (κ1) is 20.7. The molecule has 6 nitrogen and oxygen atoms in total. The van der Waals surface area contributed by atoms with Crippen LogP contribution < -0.4 is 5.32 Å². The lowest BCUT2D eigenvalue weighted by atomic mass is 9.94.